The average molecular weight is 231 g/mol. The number of hydrogen-bond acceptors (Lipinski definition) is 2. The van der Waals surface area contributed by atoms with Gasteiger partial charge >= 0.3 is 0 Å². The van der Waals surface area contributed by atoms with Crippen LogP contribution in [-0.4, -0.2) is 18.9 Å². The highest BCUT2D eigenvalue weighted by molar-refractivity contribution is 5.87. The van der Waals surface area contributed by atoms with Crippen LogP contribution in [0.25, 0.3) is 0 Å². The molecule has 0 aliphatic carbocycles. The predicted molar refractivity (Wildman–Crippen MR) is 70.2 cm³/mol. The average Bonchev–Trinajstić information content (AvgIpc) is 2.72. The zero-order valence-electron chi connectivity index (χ0n) is 11.0. The fourth-order valence-corrected chi connectivity index (χ4v) is 2.43. The molecule has 1 aliphatic heterocycles. The van der Waals surface area contributed by atoms with Crippen LogP contribution in [0.2, 0.25) is 0 Å². The molecule has 1 atom stereocenters. The van der Waals surface area contributed by atoms with Crippen LogP contribution in [0.3, 0.4) is 0 Å². The van der Waals surface area contributed by atoms with Gasteiger partial charge in [-0.1, -0.05) is 30.7 Å². The van der Waals surface area contributed by atoms with Crippen molar-refractivity contribution in [3.8, 4) is 0 Å². The molecule has 0 saturated carbocycles. The Morgan fingerprint density at radius 3 is 2.82 bits per heavy atom. The zero-order chi connectivity index (χ0) is 12.5. The smallest absolute Gasteiger partial charge is 0.144 e. The Kier molecular flexibility index (Phi) is 3.34. The molecule has 1 N–H and O–H groups in total. The van der Waals surface area contributed by atoms with Crippen LogP contribution in [0.15, 0.2) is 18.2 Å². The van der Waals surface area contributed by atoms with Gasteiger partial charge in [-0.3, -0.25) is 4.79 Å². The molecule has 17 heavy (non-hydrogen) atoms. The third kappa shape index (κ3) is 2.58. The number of benzene rings is 1. The van der Waals surface area contributed by atoms with Crippen LogP contribution in [0.5, 0.6) is 0 Å². The molecule has 1 aromatic carbocycles. The summed E-state index contributed by atoms with van der Waals surface area (Å²) < 4.78 is 0. The molecule has 0 aromatic heterocycles. The van der Waals surface area contributed by atoms with E-state index in [-0.39, 0.29) is 5.41 Å². The highest BCUT2D eigenvalue weighted by atomic mass is 16.1. The molecule has 0 bridgehead atoms. The number of ketones is 1. The lowest BCUT2D eigenvalue weighted by Crippen LogP contribution is -2.31. The molecule has 1 unspecified atom stereocenters. The fourth-order valence-electron chi connectivity index (χ4n) is 2.43. The highest BCUT2D eigenvalue weighted by Crippen LogP contribution is 2.27. The van der Waals surface area contributed by atoms with Crippen molar-refractivity contribution in [1.82, 2.24) is 5.32 Å². The Hall–Kier alpha value is -1.15. The van der Waals surface area contributed by atoms with Crippen molar-refractivity contribution in [2.45, 2.75) is 33.6 Å². The first kappa shape index (κ1) is 12.3. The topological polar surface area (TPSA) is 29.1 Å². The van der Waals surface area contributed by atoms with Crippen molar-refractivity contribution in [2.75, 3.05) is 13.1 Å². The molecule has 0 spiro atoms. The van der Waals surface area contributed by atoms with Gasteiger partial charge in [-0.2, -0.15) is 0 Å². The summed E-state index contributed by atoms with van der Waals surface area (Å²) in [6.07, 6.45) is 1.54. The quantitative estimate of drug-likeness (QED) is 0.865. The maximum absolute atomic E-state index is 12.4. The third-order valence-corrected chi connectivity index (χ3v) is 3.90. The molecule has 1 fully saturated rings. The van der Waals surface area contributed by atoms with Gasteiger partial charge in [-0.25, -0.2) is 0 Å². The summed E-state index contributed by atoms with van der Waals surface area (Å²) in [4.78, 5) is 12.4. The van der Waals surface area contributed by atoms with Crippen LogP contribution in [0.1, 0.15) is 30.0 Å². The number of hydrogen-bond donors (Lipinski definition) is 1. The van der Waals surface area contributed by atoms with Crippen molar-refractivity contribution < 1.29 is 4.79 Å². The molecular weight excluding hydrogens is 210 g/mol. The van der Waals surface area contributed by atoms with Gasteiger partial charge in [0.1, 0.15) is 5.78 Å². The van der Waals surface area contributed by atoms with E-state index in [4.69, 9.17) is 0 Å². The first-order valence-corrected chi connectivity index (χ1v) is 6.31. The molecule has 1 heterocycles. The van der Waals surface area contributed by atoms with E-state index < -0.39 is 0 Å². The Morgan fingerprint density at radius 1 is 1.41 bits per heavy atom. The molecule has 1 saturated heterocycles. The van der Waals surface area contributed by atoms with E-state index in [1.165, 1.54) is 16.7 Å². The lowest BCUT2D eigenvalue weighted by Gasteiger charge is -2.21. The van der Waals surface area contributed by atoms with Crippen molar-refractivity contribution in [3.63, 3.8) is 0 Å². The second-order valence-corrected chi connectivity index (χ2v) is 5.52. The van der Waals surface area contributed by atoms with Gasteiger partial charge in [0, 0.05) is 18.4 Å². The van der Waals surface area contributed by atoms with Crippen LogP contribution >= 0.6 is 0 Å². The van der Waals surface area contributed by atoms with Crippen molar-refractivity contribution in [3.05, 3.63) is 34.9 Å². The monoisotopic (exact) mass is 231 g/mol. The minimum Gasteiger partial charge on any atom is -0.316 e. The second-order valence-electron chi connectivity index (χ2n) is 5.52. The van der Waals surface area contributed by atoms with Crippen molar-refractivity contribution >= 4 is 5.78 Å². The largest absolute Gasteiger partial charge is 0.316 e. The first-order chi connectivity index (χ1) is 8.01. The van der Waals surface area contributed by atoms with E-state index in [0.29, 0.717) is 12.2 Å². The van der Waals surface area contributed by atoms with Crippen LogP contribution in [0, 0.1) is 19.3 Å². The van der Waals surface area contributed by atoms with E-state index >= 15 is 0 Å². The van der Waals surface area contributed by atoms with Gasteiger partial charge in [0.05, 0.1) is 0 Å². The number of nitrogens with one attached hydrogen (secondary N) is 1. The van der Waals surface area contributed by atoms with Gasteiger partial charge in [-0.15, -0.1) is 0 Å². The molecule has 1 aliphatic rings. The molecule has 2 heteroatoms. The summed E-state index contributed by atoms with van der Waals surface area (Å²) in [5.74, 6) is 0.371. The molecule has 2 rings (SSSR count). The molecule has 0 radical (unpaired) electrons. The standard InChI is InChI=1S/C15H21NO/c1-11-4-5-12(2)13(8-11)9-14(17)15(3)6-7-16-10-15/h4-5,8,16H,6-7,9-10H2,1-3H3. The van der Waals surface area contributed by atoms with Gasteiger partial charge in [-0.05, 0) is 37.9 Å². The molecule has 0 amide bonds. The molecule has 1 aromatic rings. The predicted octanol–water partition coefficient (Wildman–Crippen LogP) is 2.41. The summed E-state index contributed by atoms with van der Waals surface area (Å²) in [5, 5.41) is 3.28. The maximum Gasteiger partial charge on any atom is 0.144 e. The second kappa shape index (κ2) is 4.61. The van der Waals surface area contributed by atoms with E-state index in [0.717, 1.165) is 19.5 Å². The minimum atomic E-state index is -0.157. The Balaban J connectivity index is 2.15. The lowest BCUT2D eigenvalue weighted by atomic mass is 9.81. The summed E-state index contributed by atoms with van der Waals surface area (Å²) >= 11 is 0. The fraction of sp³-hybridized carbons (Fsp3) is 0.533. The van der Waals surface area contributed by atoms with Gasteiger partial charge in [0.2, 0.25) is 0 Å². The van der Waals surface area contributed by atoms with Crippen molar-refractivity contribution in [2.24, 2.45) is 5.41 Å². The minimum absolute atomic E-state index is 0.157. The normalized spacial score (nSPS) is 23.9. The summed E-state index contributed by atoms with van der Waals surface area (Å²) in [6, 6.07) is 6.34. The number of Topliss-reactive ketones (excluding diaryl/α,β-unsaturated/α-hetero) is 1. The van der Waals surface area contributed by atoms with E-state index in [1.807, 2.05) is 0 Å². The molecular formula is C15H21NO. The Labute approximate surface area is 103 Å². The van der Waals surface area contributed by atoms with Gasteiger partial charge < -0.3 is 5.32 Å². The summed E-state index contributed by atoms with van der Waals surface area (Å²) in [6.45, 7) is 8.04. The Bertz CT molecular complexity index is 431. The van der Waals surface area contributed by atoms with Crippen LogP contribution < -0.4 is 5.32 Å². The number of carbonyl (C=O) groups excluding carboxylic acids is 1. The number of aryl methyl sites for hydroxylation is 2. The first-order valence-electron chi connectivity index (χ1n) is 6.31. The Morgan fingerprint density at radius 2 is 2.18 bits per heavy atom. The van der Waals surface area contributed by atoms with Gasteiger partial charge in [0.15, 0.2) is 0 Å². The van der Waals surface area contributed by atoms with E-state index in [2.05, 4.69) is 44.3 Å². The SMILES string of the molecule is Cc1ccc(C)c(CC(=O)C2(C)CCNC2)c1. The molecule has 92 valence electrons. The zero-order valence-corrected chi connectivity index (χ0v) is 11.0. The lowest BCUT2D eigenvalue weighted by molar-refractivity contribution is -0.126. The molecule has 2 nitrogen and oxygen atoms in total. The maximum atomic E-state index is 12.4. The van der Waals surface area contributed by atoms with Crippen LogP contribution in [0.4, 0.5) is 0 Å². The summed E-state index contributed by atoms with van der Waals surface area (Å²) in [5.41, 5.74) is 3.48. The highest BCUT2D eigenvalue weighted by Gasteiger charge is 2.35. The summed E-state index contributed by atoms with van der Waals surface area (Å²) in [7, 11) is 0. The number of carbonyl (C=O) groups is 1. The number of rotatable bonds is 3. The van der Waals surface area contributed by atoms with Crippen molar-refractivity contribution in [1.29, 1.82) is 0 Å². The van der Waals surface area contributed by atoms with E-state index in [9.17, 15) is 4.79 Å². The van der Waals surface area contributed by atoms with Gasteiger partial charge in [0.25, 0.3) is 0 Å². The van der Waals surface area contributed by atoms with E-state index in [1.54, 1.807) is 0 Å². The third-order valence-electron chi connectivity index (χ3n) is 3.90. The van der Waals surface area contributed by atoms with Crippen LogP contribution in [-0.2, 0) is 11.2 Å².